The summed E-state index contributed by atoms with van der Waals surface area (Å²) in [6.07, 6.45) is 3.06. The minimum absolute atomic E-state index is 0.0949. The Hall–Kier alpha value is -2.43. The normalized spacial score (nSPS) is 9.94. The lowest BCUT2D eigenvalue weighted by Crippen LogP contribution is -2.02. The standard InChI is InChI=1S/C12H10N2O3/c1-8-4-2-5-9(11(15)16)10(8)17-12-13-6-3-7-14-12/h2-7H,1H3,(H,15,16). The number of nitrogens with zero attached hydrogens (tertiary/aromatic N) is 2. The number of aromatic carboxylic acids is 1. The highest BCUT2D eigenvalue weighted by atomic mass is 16.5. The Morgan fingerprint density at radius 2 is 1.94 bits per heavy atom. The molecule has 1 aromatic heterocycles. The van der Waals surface area contributed by atoms with Crippen LogP contribution in [0.1, 0.15) is 15.9 Å². The predicted molar refractivity (Wildman–Crippen MR) is 60.2 cm³/mol. The number of benzene rings is 1. The maximum Gasteiger partial charge on any atom is 0.339 e. The first-order chi connectivity index (χ1) is 8.18. The molecule has 2 rings (SSSR count). The summed E-state index contributed by atoms with van der Waals surface area (Å²) < 4.78 is 5.40. The lowest BCUT2D eigenvalue weighted by atomic mass is 10.1. The van der Waals surface area contributed by atoms with Gasteiger partial charge in [0.2, 0.25) is 0 Å². The van der Waals surface area contributed by atoms with E-state index in [4.69, 9.17) is 9.84 Å². The summed E-state index contributed by atoms with van der Waals surface area (Å²) in [4.78, 5) is 18.8. The molecule has 1 aromatic carbocycles. The van der Waals surface area contributed by atoms with Crippen molar-refractivity contribution in [3.05, 3.63) is 47.8 Å². The summed E-state index contributed by atoms with van der Waals surface area (Å²) in [7, 11) is 0. The van der Waals surface area contributed by atoms with Crippen molar-refractivity contribution >= 4 is 5.97 Å². The Labute approximate surface area is 97.7 Å². The van der Waals surface area contributed by atoms with Gasteiger partial charge in [-0.1, -0.05) is 12.1 Å². The Balaban J connectivity index is 2.41. The van der Waals surface area contributed by atoms with Crippen molar-refractivity contribution in [1.29, 1.82) is 0 Å². The van der Waals surface area contributed by atoms with Crippen LogP contribution in [0.25, 0.3) is 0 Å². The highest BCUT2D eigenvalue weighted by molar-refractivity contribution is 5.91. The minimum atomic E-state index is -1.04. The number of hydrogen-bond acceptors (Lipinski definition) is 4. The van der Waals surface area contributed by atoms with Gasteiger partial charge in [0.25, 0.3) is 0 Å². The fourth-order valence-corrected chi connectivity index (χ4v) is 1.39. The van der Waals surface area contributed by atoms with Crippen molar-refractivity contribution in [1.82, 2.24) is 9.97 Å². The first-order valence-electron chi connectivity index (χ1n) is 4.96. The quantitative estimate of drug-likeness (QED) is 0.875. The molecule has 0 bridgehead atoms. The van der Waals surface area contributed by atoms with Crippen LogP contribution in [-0.4, -0.2) is 21.0 Å². The van der Waals surface area contributed by atoms with E-state index < -0.39 is 5.97 Å². The van der Waals surface area contributed by atoms with Gasteiger partial charge in [-0.25, -0.2) is 14.8 Å². The molecular formula is C12H10N2O3. The zero-order valence-electron chi connectivity index (χ0n) is 9.12. The van der Waals surface area contributed by atoms with Gasteiger partial charge in [0.05, 0.1) is 0 Å². The van der Waals surface area contributed by atoms with Crippen molar-refractivity contribution in [2.75, 3.05) is 0 Å². The number of aryl methyl sites for hydroxylation is 1. The number of carbonyl (C=O) groups is 1. The number of carboxylic acid groups (broad SMARTS) is 1. The van der Waals surface area contributed by atoms with E-state index in [1.807, 2.05) is 0 Å². The average molecular weight is 230 g/mol. The van der Waals surface area contributed by atoms with E-state index in [0.29, 0.717) is 0 Å². The minimum Gasteiger partial charge on any atom is -0.478 e. The first kappa shape index (κ1) is 11.1. The van der Waals surface area contributed by atoms with Crippen LogP contribution in [0.3, 0.4) is 0 Å². The first-order valence-corrected chi connectivity index (χ1v) is 4.96. The van der Waals surface area contributed by atoms with E-state index in [0.717, 1.165) is 5.56 Å². The molecule has 0 radical (unpaired) electrons. The van der Waals surface area contributed by atoms with Gasteiger partial charge in [-0.05, 0) is 24.6 Å². The molecule has 0 amide bonds. The maximum atomic E-state index is 11.0. The number of hydrogen-bond donors (Lipinski definition) is 1. The third-order valence-electron chi connectivity index (χ3n) is 2.18. The van der Waals surface area contributed by atoms with Gasteiger partial charge in [-0.15, -0.1) is 0 Å². The van der Waals surface area contributed by atoms with E-state index in [2.05, 4.69) is 9.97 Å². The van der Waals surface area contributed by atoms with Crippen molar-refractivity contribution in [2.24, 2.45) is 0 Å². The highest BCUT2D eigenvalue weighted by Crippen LogP contribution is 2.26. The average Bonchev–Trinajstić information content (AvgIpc) is 2.33. The number of ether oxygens (including phenoxy) is 1. The second-order valence-electron chi connectivity index (χ2n) is 3.39. The van der Waals surface area contributed by atoms with Crippen molar-refractivity contribution in [3.8, 4) is 11.8 Å². The zero-order valence-corrected chi connectivity index (χ0v) is 9.12. The molecule has 17 heavy (non-hydrogen) atoms. The van der Waals surface area contributed by atoms with Crippen LogP contribution in [0.4, 0.5) is 0 Å². The van der Waals surface area contributed by atoms with E-state index >= 15 is 0 Å². The zero-order chi connectivity index (χ0) is 12.3. The fourth-order valence-electron chi connectivity index (χ4n) is 1.39. The Morgan fingerprint density at radius 1 is 1.24 bits per heavy atom. The molecule has 0 aliphatic heterocycles. The third kappa shape index (κ3) is 2.39. The van der Waals surface area contributed by atoms with E-state index in [-0.39, 0.29) is 17.3 Å². The topological polar surface area (TPSA) is 72.3 Å². The second kappa shape index (κ2) is 4.61. The molecule has 5 nitrogen and oxygen atoms in total. The Morgan fingerprint density at radius 3 is 2.59 bits per heavy atom. The number of para-hydroxylation sites is 1. The van der Waals surface area contributed by atoms with Crippen LogP contribution in [0, 0.1) is 6.92 Å². The Bertz CT molecular complexity index is 541. The number of rotatable bonds is 3. The van der Waals surface area contributed by atoms with Gasteiger partial charge < -0.3 is 9.84 Å². The number of carboxylic acids is 1. The second-order valence-corrected chi connectivity index (χ2v) is 3.39. The largest absolute Gasteiger partial charge is 0.478 e. The smallest absolute Gasteiger partial charge is 0.339 e. The molecule has 0 fully saturated rings. The molecule has 0 atom stereocenters. The van der Waals surface area contributed by atoms with E-state index in [1.54, 1.807) is 25.1 Å². The van der Waals surface area contributed by atoms with Gasteiger partial charge in [-0.2, -0.15) is 0 Å². The van der Waals surface area contributed by atoms with Crippen LogP contribution in [0.5, 0.6) is 11.8 Å². The van der Waals surface area contributed by atoms with Crippen molar-refractivity contribution in [3.63, 3.8) is 0 Å². The van der Waals surface area contributed by atoms with Gasteiger partial charge in [0.1, 0.15) is 11.3 Å². The van der Waals surface area contributed by atoms with E-state index in [9.17, 15) is 4.79 Å². The fraction of sp³-hybridized carbons (Fsp3) is 0.0833. The molecule has 5 heteroatoms. The van der Waals surface area contributed by atoms with Crippen LogP contribution >= 0.6 is 0 Å². The highest BCUT2D eigenvalue weighted by Gasteiger charge is 2.14. The van der Waals surface area contributed by atoms with Gasteiger partial charge >= 0.3 is 12.0 Å². The molecule has 2 aromatic rings. The molecule has 0 aliphatic rings. The molecule has 86 valence electrons. The summed E-state index contributed by atoms with van der Waals surface area (Å²) in [6, 6.07) is 6.70. The third-order valence-corrected chi connectivity index (χ3v) is 2.18. The Kier molecular flexibility index (Phi) is 3.00. The lowest BCUT2D eigenvalue weighted by Gasteiger charge is -2.09. The predicted octanol–water partition coefficient (Wildman–Crippen LogP) is 2.28. The monoisotopic (exact) mass is 230 g/mol. The van der Waals surface area contributed by atoms with Crippen LogP contribution in [0.15, 0.2) is 36.7 Å². The molecular weight excluding hydrogens is 220 g/mol. The molecule has 1 heterocycles. The summed E-state index contributed by atoms with van der Waals surface area (Å²) >= 11 is 0. The van der Waals surface area contributed by atoms with Crippen molar-refractivity contribution in [2.45, 2.75) is 6.92 Å². The van der Waals surface area contributed by atoms with Crippen molar-refractivity contribution < 1.29 is 14.6 Å². The summed E-state index contributed by atoms with van der Waals surface area (Å²) in [6.45, 7) is 1.77. The van der Waals surface area contributed by atoms with Gasteiger partial charge in [-0.3, -0.25) is 0 Å². The molecule has 0 unspecified atom stereocenters. The summed E-state index contributed by atoms with van der Waals surface area (Å²) in [5.74, 6) is -0.772. The summed E-state index contributed by atoms with van der Waals surface area (Å²) in [5.41, 5.74) is 0.815. The SMILES string of the molecule is Cc1cccc(C(=O)O)c1Oc1ncccn1. The molecule has 0 aliphatic carbocycles. The van der Waals surface area contributed by atoms with Crippen LogP contribution < -0.4 is 4.74 Å². The lowest BCUT2D eigenvalue weighted by molar-refractivity contribution is 0.0694. The number of aromatic nitrogens is 2. The van der Waals surface area contributed by atoms with Gasteiger partial charge in [0.15, 0.2) is 0 Å². The molecule has 1 N–H and O–H groups in total. The molecule has 0 spiro atoms. The maximum absolute atomic E-state index is 11.0. The molecule has 0 saturated heterocycles. The molecule has 0 saturated carbocycles. The van der Waals surface area contributed by atoms with Gasteiger partial charge in [0, 0.05) is 12.4 Å². The van der Waals surface area contributed by atoms with E-state index in [1.165, 1.54) is 18.5 Å². The van der Waals surface area contributed by atoms with Crippen LogP contribution in [0.2, 0.25) is 0 Å². The summed E-state index contributed by atoms with van der Waals surface area (Å²) in [5, 5.41) is 9.05. The van der Waals surface area contributed by atoms with Crippen LogP contribution in [-0.2, 0) is 0 Å².